The molecule has 0 aliphatic heterocycles. The standard InChI is InChI=1S/C12H23N5/c1-5-7-10-14-11(16-13)9(3)12(15-10)17(4)8-6-2/h5-8,13H2,1-4H3,(H,14,15,16). The van der Waals surface area contributed by atoms with E-state index in [1.807, 2.05) is 6.92 Å². The molecule has 0 atom stereocenters. The third-order valence-electron chi connectivity index (χ3n) is 2.70. The Morgan fingerprint density at radius 2 is 1.94 bits per heavy atom. The number of aryl methyl sites for hydroxylation is 1. The van der Waals surface area contributed by atoms with Crippen LogP contribution in [0.3, 0.4) is 0 Å². The number of nitrogens with one attached hydrogen (secondary N) is 1. The Morgan fingerprint density at radius 3 is 2.47 bits per heavy atom. The fourth-order valence-electron chi connectivity index (χ4n) is 1.84. The van der Waals surface area contributed by atoms with E-state index in [-0.39, 0.29) is 0 Å². The third kappa shape index (κ3) is 3.30. The fraction of sp³-hybridized carbons (Fsp3) is 0.667. The highest BCUT2D eigenvalue weighted by atomic mass is 15.3. The lowest BCUT2D eigenvalue weighted by atomic mass is 10.2. The van der Waals surface area contributed by atoms with Crippen LogP contribution < -0.4 is 16.2 Å². The highest BCUT2D eigenvalue weighted by Crippen LogP contribution is 2.22. The summed E-state index contributed by atoms with van der Waals surface area (Å²) in [6, 6.07) is 0. The smallest absolute Gasteiger partial charge is 0.148 e. The van der Waals surface area contributed by atoms with Gasteiger partial charge in [0.25, 0.3) is 0 Å². The molecule has 96 valence electrons. The predicted molar refractivity (Wildman–Crippen MR) is 72.1 cm³/mol. The van der Waals surface area contributed by atoms with E-state index in [2.05, 4.69) is 41.2 Å². The van der Waals surface area contributed by atoms with Gasteiger partial charge in [0.2, 0.25) is 0 Å². The van der Waals surface area contributed by atoms with E-state index in [1.165, 1.54) is 0 Å². The molecule has 0 bridgehead atoms. The largest absolute Gasteiger partial charge is 0.359 e. The van der Waals surface area contributed by atoms with Crippen LogP contribution in [0, 0.1) is 6.92 Å². The monoisotopic (exact) mass is 237 g/mol. The number of hydrogen-bond donors (Lipinski definition) is 2. The molecule has 17 heavy (non-hydrogen) atoms. The van der Waals surface area contributed by atoms with E-state index in [0.717, 1.165) is 48.8 Å². The summed E-state index contributed by atoms with van der Waals surface area (Å²) in [5.41, 5.74) is 3.66. The molecule has 0 radical (unpaired) electrons. The SMILES string of the molecule is CCCc1nc(NN)c(C)c(N(C)CCC)n1. The molecule has 0 fully saturated rings. The van der Waals surface area contributed by atoms with Crippen LogP contribution in [-0.2, 0) is 6.42 Å². The first-order chi connectivity index (χ1) is 8.13. The average Bonchev–Trinajstić information content (AvgIpc) is 2.31. The molecular weight excluding hydrogens is 214 g/mol. The maximum Gasteiger partial charge on any atom is 0.148 e. The van der Waals surface area contributed by atoms with Gasteiger partial charge in [-0.2, -0.15) is 0 Å². The van der Waals surface area contributed by atoms with Crippen molar-refractivity contribution < 1.29 is 0 Å². The van der Waals surface area contributed by atoms with E-state index in [1.54, 1.807) is 0 Å². The summed E-state index contributed by atoms with van der Waals surface area (Å²) in [6.45, 7) is 7.25. The summed E-state index contributed by atoms with van der Waals surface area (Å²) in [6.07, 6.45) is 3.00. The lowest BCUT2D eigenvalue weighted by molar-refractivity contribution is 0.792. The average molecular weight is 237 g/mol. The topological polar surface area (TPSA) is 67.1 Å². The van der Waals surface area contributed by atoms with E-state index in [4.69, 9.17) is 5.84 Å². The normalized spacial score (nSPS) is 10.4. The molecule has 1 heterocycles. The molecular formula is C12H23N5. The van der Waals surface area contributed by atoms with Gasteiger partial charge in [-0.15, -0.1) is 0 Å². The second kappa shape index (κ2) is 6.39. The minimum absolute atomic E-state index is 0.724. The van der Waals surface area contributed by atoms with Gasteiger partial charge in [-0.05, 0) is 19.8 Å². The third-order valence-corrected chi connectivity index (χ3v) is 2.70. The van der Waals surface area contributed by atoms with Gasteiger partial charge in [-0.1, -0.05) is 13.8 Å². The van der Waals surface area contributed by atoms with E-state index in [9.17, 15) is 0 Å². The Morgan fingerprint density at radius 1 is 1.24 bits per heavy atom. The van der Waals surface area contributed by atoms with Gasteiger partial charge >= 0.3 is 0 Å². The molecule has 0 saturated carbocycles. The van der Waals surface area contributed by atoms with Gasteiger partial charge in [-0.3, -0.25) is 0 Å². The van der Waals surface area contributed by atoms with Gasteiger partial charge in [0.1, 0.15) is 17.5 Å². The summed E-state index contributed by atoms with van der Waals surface area (Å²) in [7, 11) is 2.05. The lowest BCUT2D eigenvalue weighted by Crippen LogP contribution is -2.23. The predicted octanol–water partition coefficient (Wildman–Crippen LogP) is 1.87. The van der Waals surface area contributed by atoms with Gasteiger partial charge in [0, 0.05) is 25.6 Å². The van der Waals surface area contributed by atoms with Gasteiger partial charge in [0.05, 0.1) is 0 Å². The Bertz CT molecular complexity index is 364. The number of nitrogen functional groups attached to an aromatic ring is 1. The fourth-order valence-corrected chi connectivity index (χ4v) is 1.84. The Balaban J connectivity index is 3.12. The lowest BCUT2D eigenvalue weighted by Gasteiger charge is -2.21. The highest BCUT2D eigenvalue weighted by Gasteiger charge is 2.12. The van der Waals surface area contributed by atoms with Gasteiger partial charge in [0.15, 0.2) is 0 Å². The van der Waals surface area contributed by atoms with Gasteiger partial charge in [-0.25, -0.2) is 15.8 Å². The van der Waals surface area contributed by atoms with Crippen molar-refractivity contribution in [3.05, 3.63) is 11.4 Å². The second-order valence-corrected chi connectivity index (χ2v) is 4.25. The first kappa shape index (κ1) is 13.7. The molecule has 5 heteroatoms. The van der Waals surface area contributed by atoms with Crippen molar-refractivity contribution in [1.82, 2.24) is 9.97 Å². The quantitative estimate of drug-likeness (QED) is 0.584. The molecule has 0 aromatic carbocycles. The number of nitrogens with two attached hydrogens (primary N) is 1. The number of nitrogens with zero attached hydrogens (tertiary/aromatic N) is 3. The first-order valence-corrected chi connectivity index (χ1v) is 6.19. The summed E-state index contributed by atoms with van der Waals surface area (Å²) in [5.74, 6) is 8.04. The maximum atomic E-state index is 5.50. The summed E-state index contributed by atoms with van der Waals surface area (Å²) < 4.78 is 0. The zero-order valence-corrected chi connectivity index (χ0v) is 11.2. The van der Waals surface area contributed by atoms with Crippen molar-refractivity contribution in [1.29, 1.82) is 0 Å². The molecule has 0 aliphatic carbocycles. The van der Waals surface area contributed by atoms with E-state index in [0.29, 0.717) is 0 Å². The molecule has 1 aromatic heterocycles. The maximum absolute atomic E-state index is 5.50. The number of aromatic nitrogens is 2. The summed E-state index contributed by atoms with van der Waals surface area (Å²) in [4.78, 5) is 11.2. The molecule has 0 unspecified atom stereocenters. The molecule has 1 rings (SSSR count). The van der Waals surface area contributed by atoms with Crippen molar-refractivity contribution in [3.8, 4) is 0 Å². The van der Waals surface area contributed by atoms with Crippen molar-refractivity contribution in [2.45, 2.75) is 40.0 Å². The molecule has 0 saturated heterocycles. The summed E-state index contributed by atoms with van der Waals surface area (Å²) in [5, 5.41) is 0. The summed E-state index contributed by atoms with van der Waals surface area (Å²) >= 11 is 0. The molecule has 0 aliphatic rings. The van der Waals surface area contributed by atoms with Crippen LogP contribution in [0.15, 0.2) is 0 Å². The van der Waals surface area contributed by atoms with Crippen LogP contribution in [0.25, 0.3) is 0 Å². The Kier molecular flexibility index (Phi) is 5.15. The number of hydrogen-bond acceptors (Lipinski definition) is 5. The number of rotatable bonds is 6. The van der Waals surface area contributed by atoms with Crippen molar-refractivity contribution in [2.24, 2.45) is 5.84 Å². The van der Waals surface area contributed by atoms with Crippen molar-refractivity contribution >= 4 is 11.6 Å². The van der Waals surface area contributed by atoms with E-state index < -0.39 is 0 Å². The number of anilines is 2. The van der Waals surface area contributed by atoms with Crippen LogP contribution >= 0.6 is 0 Å². The van der Waals surface area contributed by atoms with E-state index >= 15 is 0 Å². The number of hydrazine groups is 1. The van der Waals surface area contributed by atoms with Crippen LogP contribution in [0.2, 0.25) is 0 Å². The minimum atomic E-state index is 0.724. The second-order valence-electron chi connectivity index (χ2n) is 4.25. The van der Waals surface area contributed by atoms with Crippen molar-refractivity contribution in [2.75, 3.05) is 23.9 Å². The molecule has 1 aromatic rings. The molecule has 0 amide bonds. The molecule has 5 nitrogen and oxygen atoms in total. The zero-order valence-electron chi connectivity index (χ0n) is 11.2. The highest BCUT2D eigenvalue weighted by molar-refractivity contribution is 5.57. The van der Waals surface area contributed by atoms with Crippen LogP contribution in [-0.4, -0.2) is 23.6 Å². The molecule has 0 spiro atoms. The minimum Gasteiger partial charge on any atom is -0.359 e. The molecule has 3 N–H and O–H groups in total. The van der Waals surface area contributed by atoms with Crippen LogP contribution in [0.4, 0.5) is 11.6 Å². The Hall–Kier alpha value is -1.36. The Labute approximate surface area is 103 Å². The zero-order chi connectivity index (χ0) is 12.8. The van der Waals surface area contributed by atoms with Crippen LogP contribution in [0.1, 0.15) is 38.1 Å². The van der Waals surface area contributed by atoms with Gasteiger partial charge < -0.3 is 10.3 Å². The first-order valence-electron chi connectivity index (χ1n) is 6.19. The van der Waals surface area contributed by atoms with Crippen molar-refractivity contribution in [3.63, 3.8) is 0 Å². The van der Waals surface area contributed by atoms with Crippen LogP contribution in [0.5, 0.6) is 0 Å².